The number of aromatic nitrogens is 3. The molecule has 0 spiro atoms. The number of nitrogens with zero attached hydrogens (tertiary/aromatic N) is 3. The molecule has 5 nitrogen and oxygen atoms in total. The Bertz CT molecular complexity index is 856. The standard InChI is InChI=1S/C15H12ClFN4O/c1-2-22-14-13-12(20-15(18)21-14)6-5-11(19-13)8-3-4-9(16)10(17)7-8/h3-7H,2H2,1H3,(H2,18,20,21). The third kappa shape index (κ3) is 2.65. The summed E-state index contributed by atoms with van der Waals surface area (Å²) in [5.41, 5.74) is 7.85. The first-order valence-corrected chi connectivity index (χ1v) is 6.98. The maximum atomic E-state index is 13.6. The Hall–Kier alpha value is -2.47. The van der Waals surface area contributed by atoms with Crippen LogP contribution >= 0.6 is 11.6 Å². The van der Waals surface area contributed by atoms with Crippen molar-refractivity contribution in [2.24, 2.45) is 0 Å². The molecule has 0 aliphatic heterocycles. The average molecular weight is 319 g/mol. The summed E-state index contributed by atoms with van der Waals surface area (Å²) >= 11 is 5.70. The van der Waals surface area contributed by atoms with Gasteiger partial charge in [0.25, 0.3) is 0 Å². The van der Waals surface area contributed by atoms with Gasteiger partial charge >= 0.3 is 0 Å². The second kappa shape index (κ2) is 5.73. The summed E-state index contributed by atoms with van der Waals surface area (Å²) in [4.78, 5) is 12.6. The van der Waals surface area contributed by atoms with Gasteiger partial charge in [-0.1, -0.05) is 17.7 Å². The minimum absolute atomic E-state index is 0.0654. The number of pyridine rings is 1. The van der Waals surface area contributed by atoms with E-state index >= 15 is 0 Å². The monoisotopic (exact) mass is 318 g/mol. The Labute approximate surface area is 130 Å². The second-order valence-corrected chi connectivity index (χ2v) is 4.92. The van der Waals surface area contributed by atoms with E-state index in [4.69, 9.17) is 22.1 Å². The molecular weight excluding hydrogens is 307 g/mol. The van der Waals surface area contributed by atoms with E-state index in [1.807, 2.05) is 6.92 Å². The number of nitrogen functional groups attached to an aromatic ring is 1. The van der Waals surface area contributed by atoms with Crippen molar-refractivity contribution in [1.29, 1.82) is 0 Å². The van der Waals surface area contributed by atoms with Crippen LogP contribution in [0.15, 0.2) is 30.3 Å². The van der Waals surface area contributed by atoms with E-state index in [2.05, 4.69) is 15.0 Å². The molecule has 0 fully saturated rings. The molecule has 0 saturated heterocycles. The normalized spacial score (nSPS) is 10.9. The number of benzene rings is 1. The van der Waals surface area contributed by atoms with Gasteiger partial charge in [-0.15, -0.1) is 0 Å². The molecule has 1 aromatic carbocycles. The Morgan fingerprint density at radius 3 is 2.73 bits per heavy atom. The molecule has 2 N–H and O–H groups in total. The summed E-state index contributed by atoms with van der Waals surface area (Å²) < 4.78 is 19.1. The van der Waals surface area contributed by atoms with E-state index in [1.54, 1.807) is 18.2 Å². The summed E-state index contributed by atoms with van der Waals surface area (Å²) in [6.07, 6.45) is 0. The molecule has 3 aromatic rings. The molecule has 2 aromatic heterocycles. The van der Waals surface area contributed by atoms with Gasteiger partial charge in [-0.2, -0.15) is 4.98 Å². The average Bonchev–Trinajstić information content (AvgIpc) is 2.50. The highest BCUT2D eigenvalue weighted by Crippen LogP contribution is 2.27. The quantitative estimate of drug-likeness (QED) is 0.800. The topological polar surface area (TPSA) is 73.9 Å². The van der Waals surface area contributed by atoms with Crippen LogP contribution in [0.1, 0.15) is 6.92 Å². The number of nitrogens with two attached hydrogens (primary N) is 1. The zero-order valence-corrected chi connectivity index (χ0v) is 12.4. The van der Waals surface area contributed by atoms with Crippen LogP contribution in [0, 0.1) is 5.82 Å². The highest BCUT2D eigenvalue weighted by Gasteiger charge is 2.11. The molecule has 0 bridgehead atoms. The summed E-state index contributed by atoms with van der Waals surface area (Å²) in [7, 11) is 0. The van der Waals surface area contributed by atoms with E-state index in [9.17, 15) is 4.39 Å². The van der Waals surface area contributed by atoms with Crippen molar-refractivity contribution in [3.8, 4) is 17.1 Å². The molecule has 0 radical (unpaired) electrons. The van der Waals surface area contributed by atoms with Crippen molar-refractivity contribution in [1.82, 2.24) is 15.0 Å². The lowest BCUT2D eigenvalue weighted by molar-refractivity contribution is 0.330. The van der Waals surface area contributed by atoms with Crippen LogP contribution in [0.2, 0.25) is 5.02 Å². The number of halogens is 2. The van der Waals surface area contributed by atoms with Crippen LogP contribution in [-0.2, 0) is 0 Å². The molecule has 22 heavy (non-hydrogen) atoms. The van der Waals surface area contributed by atoms with Gasteiger partial charge < -0.3 is 10.5 Å². The SMILES string of the molecule is CCOc1nc(N)nc2ccc(-c3ccc(Cl)c(F)c3)nc12. The first-order valence-electron chi connectivity index (χ1n) is 6.61. The van der Waals surface area contributed by atoms with Crippen molar-refractivity contribution in [2.45, 2.75) is 6.92 Å². The number of fused-ring (bicyclic) bond motifs is 1. The van der Waals surface area contributed by atoms with Crippen molar-refractivity contribution in [3.05, 3.63) is 41.2 Å². The summed E-state index contributed by atoms with van der Waals surface area (Å²) in [5, 5.41) is 0.0654. The zero-order valence-electron chi connectivity index (χ0n) is 11.7. The highest BCUT2D eigenvalue weighted by molar-refractivity contribution is 6.30. The fourth-order valence-corrected chi connectivity index (χ4v) is 2.18. The Balaban J connectivity index is 2.17. The first kappa shape index (κ1) is 14.5. The van der Waals surface area contributed by atoms with Gasteiger partial charge in [-0.05, 0) is 31.2 Å². The predicted molar refractivity (Wildman–Crippen MR) is 83.3 cm³/mol. The van der Waals surface area contributed by atoms with E-state index in [-0.39, 0.29) is 11.0 Å². The largest absolute Gasteiger partial charge is 0.476 e. The molecule has 7 heteroatoms. The van der Waals surface area contributed by atoms with Gasteiger partial charge in [-0.25, -0.2) is 14.4 Å². The molecular formula is C15H12ClFN4O. The van der Waals surface area contributed by atoms with Crippen LogP contribution in [0.5, 0.6) is 5.88 Å². The lowest BCUT2D eigenvalue weighted by atomic mass is 10.1. The van der Waals surface area contributed by atoms with Crippen LogP contribution < -0.4 is 10.5 Å². The second-order valence-electron chi connectivity index (χ2n) is 4.51. The smallest absolute Gasteiger partial charge is 0.245 e. The van der Waals surface area contributed by atoms with Crippen LogP contribution in [-0.4, -0.2) is 21.6 Å². The Kier molecular flexibility index (Phi) is 3.77. The number of rotatable bonds is 3. The summed E-state index contributed by atoms with van der Waals surface area (Å²) in [6.45, 7) is 2.26. The first-order chi connectivity index (χ1) is 10.6. The zero-order chi connectivity index (χ0) is 15.7. The molecule has 0 amide bonds. The van der Waals surface area contributed by atoms with Gasteiger partial charge in [-0.3, -0.25) is 0 Å². The fraction of sp³-hybridized carbons (Fsp3) is 0.133. The van der Waals surface area contributed by atoms with Crippen molar-refractivity contribution in [3.63, 3.8) is 0 Å². The van der Waals surface area contributed by atoms with Crippen molar-refractivity contribution in [2.75, 3.05) is 12.3 Å². The van der Waals surface area contributed by atoms with Crippen molar-refractivity contribution < 1.29 is 9.13 Å². The fourth-order valence-electron chi connectivity index (χ4n) is 2.06. The van der Waals surface area contributed by atoms with Crippen molar-refractivity contribution >= 4 is 28.6 Å². The van der Waals surface area contributed by atoms with Crippen LogP contribution in [0.3, 0.4) is 0 Å². The molecule has 0 unspecified atom stereocenters. The lowest BCUT2D eigenvalue weighted by Gasteiger charge is -2.08. The van der Waals surface area contributed by atoms with E-state index < -0.39 is 5.82 Å². The molecule has 112 valence electrons. The summed E-state index contributed by atoms with van der Waals surface area (Å²) in [6, 6.07) is 7.98. The minimum Gasteiger partial charge on any atom is -0.476 e. The molecule has 0 atom stereocenters. The molecule has 0 aliphatic carbocycles. The van der Waals surface area contributed by atoms with Crippen LogP contribution in [0.4, 0.5) is 10.3 Å². The minimum atomic E-state index is -0.500. The van der Waals surface area contributed by atoms with Crippen LogP contribution in [0.25, 0.3) is 22.3 Å². The van der Waals surface area contributed by atoms with Gasteiger partial charge in [0.2, 0.25) is 11.8 Å². The van der Waals surface area contributed by atoms with E-state index in [0.29, 0.717) is 34.8 Å². The van der Waals surface area contributed by atoms with E-state index in [0.717, 1.165) is 0 Å². The number of hydrogen-bond acceptors (Lipinski definition) is 5. The maximum absolute atomic E-state index is 13.6. The number of ether oxygens (including phenoxy) is 1. The van der Waals surface area contributed by atoms with E-state index in [1.165, 1.54) is 12.1 Å². The predicted octanol–water partition coefficient (Wildman–Crippen LogP) is 3.47. The van der Waals surface area contributed by atoms with Gasteiger partial charge in [0.05, 0.1) is 22.8 Å². The van der Waals surface area contributed by atoms with Gasteiger partial charge in [0, 0.05) is 5.56 Å². The van der Waals surface area contributed by atoms with Gasteiger partial charge in [0.1, 0.15) is 5.82 Å². The maximum Gasteiger partial charge on any atom is 0.245 e. The molecule has 3 rings (SSSR count). The summed E-state index contributed by atoms with van der Waals surface area (Å²) in [5.74, 6) is -0.0797. The number of hydrogen-bond donors (Lipinski definition) is 1. The third-order valence-electron chi connectivity index (χ3n) is 3.02. The van der Waals surface area contributed by atoms with Gasteiger partial charge in [0.15, 0.2) is 5.52 Å². The molecule has 0 aliphatic rings. The Morgan fingerprint density at radius 1 is 1.18 bits per heavy atom. The Morgan fingerprint density at radius 2 is 2.00 bits per heavy atom. The highest BCUT2D eigenvalue weighted by atomic mass is 35.5. The molecule has 0 saturated carbocycles. The third-order valence-corrected chi connectivity index (χ3v) is 3.33. The number of anilines is 1. The molecule has 2 heterocycles. The lowest BCUT2D eigenvalue weighted by Crippen LogP contribution is -2.02.